The van der Waals surface area contributed by atoms with Crippen molar-refractivity contribution in [3.8, 4) is 5.75 Å². The molecule has 2 aliphatic heterocycles. The van der Waals surface area contributed by atoms with Gasteiger partial charge in [0.1, 0.15) is 11.6 Å². The van der Waals surface area contributed by atoms with Crippen LogP contribution in [0.4, 0.5) is 30.6 Å². The summed E-state index contributed by atoms with van der Waals surface area (Å²) in [6, 6.07) is 4.85. The van der Waals surface area contributed by atoms with E-state index in [9.17, 15) is 27.6 Å². The summed E-state index contributed by atoms with van der Waals surface area (Å²) >= 11 is 0. The van der Waals surface area contributed by atoms with Crippen LogP contribution in [-0.4, -0.2) is 40.2 Å². The van der Waals surface area contributed by atoms with E-state index in [0.717, 1.165) is 31.4 Å². The molecule has 12 heteroatoms. The Balaban J connectivity index is 1.58. The molecular weight excluding hydrogens is 455 g/mol. The predicted molar refractivity (Wildman–Crippen MR) is 118 cm³/mol. The third-order valence-electron chi connectivity index (χ3n) is 6.05. The zero-order valence-corrected chi connectivity index (χ0v) is 18.5. The summed E-state index contributed by atoms with van der Waals surface area (Å²) < 4.78 is 40.8. The molecule has 182 valence electrons. The number of piperidine rings is 1. The number of alkyl halides is 3. The van der Waals surface area contributed by atoms with Crippen LogP contribution in [-0.2, 0) is 9.59 Å². The van der Waals surface area contributed by atoms with Gasteiger partial charge in [-0.25, -0.2) is 0 Å². The average Bonchev–Trinajstić information content (AvgIpc) is 2.73. The van der Waals surface area contributed by atoms with Gasteiger partial charge in [-0.3, -0.25) is 19.4 Å². The van der Waals surface area contributed by atoms with E-state index in [-0.39, 0.29) is 35.6 Å². The van der Waals surface area contributed by atoms with E-state index < -0.39 is 35.4 Å². The molecule has 1 fully saturated rings. The highest BCUT2D eigenvalue weighted by Gasteiger charge is 2.36. The number of anilines is 3. The third-order valence-corrected chi connectivity index (χ3v) is 6.05. The second-order valence-corrected chi connectivity index (χ2v) is 8.55. The zero-order chi connectivity index (χ0) is 24.6. The molecule has 2 aromatic rings. The molecule has 3 atom stereocenters. The molecule has 4 rings (SSSR count). The lowest BCUT2D eigenvalue weighted by Gasteiger charge is -2.39. The van der Waals surface area contributed by atoms with Gasteiger partial charge >= 0.3 is 6.36 Å². The molecule has 0 saturated carbocycles. The highest BCUT2D eigenvalue weighted by Crippen LogP contribution is 2.33. The van der Waals surface area contributed by atoms with Crippen molar-refractivity contribution in [1.82, 2.24) is 9.97 Å². The smallest absolute Gasteiger partial charge is 0.406 e. The summed E-state index contributed by atoms with van der Waals surface area (Å²) in [6.45, 7) is 4.07. The number of carbonyl (C=O) groups is 2. The van der Waals surface area contributed by atoms with E-state index in [1.165, 1.54) is 12.1 Å². The van der Waals surface area contributed by atoms with Crippen LogP contribution < -0.4 is 25.8 Å². The summed E-state index contributed by atoms with van der Waals surface area (Å²) in [5.41, 5.74) is -0.307. The molecule has 1 aromatic carbocycles. The highest BCUT2D eigenvalue weighted by atomic mass is 19.4. The SMILES string of the molecule is C[C@@H]1CCC[C@H](C)N1c1nc2c(c(=O)[nH]1)[C@H](C(=O)Nc1ccc(OC(F)(F)F)cc1)CC(=O)N2. The fourth-order valence-corrected chi connectivity index (χ4v) is 4.51. The number of hydrogen-bond acceptors (Lipinski definition) is 6. The molecular formula is C22H24F3N5O4. The number of ether oxygens (including phenoxy) is 1. The van der Waals surface area contributed by atoms with Gasteiger partial charge in [0.2, 0.25) is 17.8 Å². The first-order chi connectivity index (χ1) is 16.0. The predicted octanol–water partition coefficient (Wildman–Crippen LogP) is 3.50. The topological polar surface area (TPSA) is 116 Å². The maximum Gasteiger partial charge on any atom is 0.573 e. The molecule has 0 unspecified atom stereocenters. The number of aromatic amines is 1. The van der Waals surface area contributed by atoms with Crippen molar-refractivity contribution in [1.29, 1.82) is 0 Å². The molecule has 0 bridgehead atoms. The Morgan fingerprint density at radius 1 is 1.15 bits per heavy atom. The van der Waals surface area contributed by atoms with Crippen LogP contribution in [0.2, 0.25) is 0 Å². The lowest BCUT2D eigenvalue weighted by atomic mass is 9.92. The molecule has 1 saturated heterocycles. The number of aromatic nitrogens is 2. The number of halogens is 3. The molecule has 1 aromatic heterocycles. The van der Waals surface area contributed by atoms with Gasteiger partial charge in [0.15, 0.2) is 0 Å². The molecule has 2 aliphatic rings. The summed E-state index contributed by atoms with van der Waals surface area (Å²) in [5.74, 6) is -2.30. The van der Waals surface area contributed by atoms with Crippen molar-refractivity contribution in [2.75, 3.05) is 15.5 Å². The van der Waals surface area contributed by atoms with Crippen LogP contribution in [0.25, 0.3) is 0 Å². The Morgan fingerprint density at radius 2 is 1.79 bits per heavy atom. The largest absolute Gasteiger partial charge is 0.573 e. The number of carbonyl (C=O) groups excluding carboxylic acids is 2. The molecule has 0 spiro atoms. The van der Waals surface area contributed by atoms with E-state index >= 15 is 0 Å². The third kappa shape index (κ3) is 5.00. The molecule has 9 nitrogen and oxygen atoms in total. The van der Waals surface area contributed by atoms with Crippen molar-refractivity contribution in [2.24, 2.45) is 0 Å². The van der Waals surface area contributed by atoms with Crippen molar-refractivity contribution in [3.63, 3.8) is 0 Å². The fourth-order valence-electron chi connectivity index (χ4n) is 4.51. The Morgan fingerprint density at radius 3 is 2.41 bits per heavy atom. The fraction of sp³-hybridized carbons (Fsp3) is 0.455. The Hall–Kier alpha value is -3.57. The number of nitrogens with zero attached hydrogens (tertiary/aromatic N) is 2. The molecule has 3 heterocycles. The molecule has 0 aliphatic carbocycles. The van der Waals surface area contributed by atoms with Gasteiger partial charge < -0.3 is 20.3 Å². The number of H-pyrrole nitrogens is 1. The van der Waals surface area contributed by atoms with Crippen LogP contribution in [0.15, 0.2) is 29.1 Å². The second kappa shape index (κ2) is 8.99. The Kier molecular flexibility index (Phi) is 6.24. The highest BCUT2D eigenvalue weighted by molar-refractivity contribution is 6.04. The quantitative estimate of drug-likeness (QED) is 0.618. The summed E-state index contributed by atoms with van der Waals surface area (Å²) in [5, 5.41) is 5.12. The number of fused-ring (bicyclic) bond motifs is 1. The summed E-state index contributed by atoms with van der Waals surface area (Å²) in [6.07, 6.45) is -2.16. The van der Waals surface area contributed by atoms with Gasteiger partial charge in [-0.15, -0.1) is 13.2 Å². The number of hydrogen-bond donors (Lipinski definition) is 3. The number of amides is 2. The molecule has 0 radical (unpaired) electrons. The maximum absolute atomic E-state index is 13.0. The minimum Gasteiger partial charge on any atom is -0.406 e. The molecule has 3 N–H and O–H groups in total. The number of nitrogens with one attached hydrogen (secondary N) is 3. The average molecular weight is 479 g/mol. The van der Waals surface area contributed by atoms with Crippen molar-refractivity contribution in [3.05, 3.63) is 40.2 Å². The van der Waals surface area contributed by atoms with Crippen LogP contribution in [0.5, 0.6) is 5.75 Å². The van der Waals surface area contributed by atoms with Gasteiger partial charge in [0.05, 0.1) is 11.5 Å². The van der Waals surface area contributed by atoms with Crippen LogP contribution in [0.1, 0.15) is 51.0 Å². The standard InChI is InChI=1S/C22H24F3N5O4/c1-11-4-3-5-12(2)30(11)21-28-18-17(20(33)29-21)15(10-16(31)27-18)19(32)26-13-6-8-14(9-7-13)34-22(23,24)25/h6-9,11-12,15H,3-5,10H2,1-2H3,(H,26,32)(H2,27,28,29,31,33)/t11-,12+,15-/m1/s1. The van der Waals surface area contributed by atoms with Gasteiger partial charge in [0, 0.05) is 24.2 Å². The van der Waals surface area contributed by atoms with Gasteiger partial charge in [-0.05, 0) is 57.4 Å². The monoisotopic (exact) mass is 479 g/mol. The minimum atomic E-state index is -4.83. The number of benzene rings is 1. The van der Waals surface area contributed by atoms with E-state index in [1.807, 2.05) is 18.7 Å². The first kappa shape index (κ1) is 23.6. The van der Waals surface area contributed by atoms with Crippen LogP contribution in [0.3, 0.4) is 0 Å². The van der Waals surface area contributed by atoms with Gasteiger partial charge in [-0.2, -0.15) is 4.98 Å². The van der Waals surface area contributed by atoms with Gasteiger partial charge in [-0.1, -0.05) is 0 Å². The lowest BCUT2D eigenvalue weighted by Crippen LogP contribution is -2.46. The normalized spacial score (nSPS) is 22.6. The number of rotatable bonds is 4. The molecule has 2 amide bonds. The van der Waals surface area contributed by atoms with Crippen LogP contribution >= 0.6 is 0 Å². The zero-order valence-electron chi connectivity index (χ0n) is 18.5. The minimum absolute atomic E-state index is 0.0362. The van der Waals surface area contributed by atoms with Crippen LogP contribution in [0, 0.1) is 0 Å². The first-order valence-corrected chi connectivity index (χ1v) is 10.9. The summed E-state index contributed by atoms with van der Waals surface area (Å²) in [7, 11) is 0. The Labute approximate surface area is 192 Å². The second-order valence-electron chi connectivity index (χ2n) is 8.55. The summed E-state index contributed by atoms with van der Waals surface area (Å²) in [4.78, 5) is 47.5. The van der Waals surface area contributed by atoms with Gasteiger partial charge in [0.25, 0.3) is 5.56 Å². The van der Waals surface area contributed by atoms with Crippen molar-refractivity contribution >= 4 is 29.3 Å². The molecule has 34 heavy (non-hydrogen) atoms. The van der Waals surface area contributed by atoms with E-state index in [1.54, 1.807) is 0 Å². The van der Waals surface area contributed by atoms with Crippen molar-refractivity contribution in [2.45, 2.75) is 63.9 Å². The van der Waals surface area contributed by atoms with E-state index in [2.05, 4.69) is 25.3 Å². The van der Waals surface area contributed by atoms with E-state index in [0.29, 0.717) is 5.95 Å². The van der Waals surface area contributed by atoms with Crippen molar-refractivity contribution < 1.29 is 27.5 Å². The lowest BCUT2D eigenvalue weighted by molar-refractivity contribution is -0.274. The Bertz CT molecular complexity index is 1140. The maximum atomic E-state index is 13.0. The first-order valence-electron chi connectivity index (χ1n) is 10.9. The van der Waals surface area contributed by atoms with E-state index in [4.69, 9.17) is 0 Å².